The molecule has 0 aromatic heterocycles. The summed E-state index contributed by atoms with van der Waals surface area (Å²) in [6.45, 7) is 10.4. The molecule has 4 saturated carbocycles. The van der Waals surface area contributed by atoms with Crippen LogP contribution in [0, 0.1) is 48.9 Å². The predicted molar refractivity (Wildman–Crippen MR) is 271 cm³/mol. The lowest BCUT2D eigenvalue weighted by Crippen LogP contribution is -2.45. The quantitative estimate of drug-likeness (QED) is 0.0580. The van der Waals surface area contributed by atoms with Crippen LogP contribution in [0.4, 0.5) is 0 Å². The fourth-order valence-electron chi connectivity index (χ4n) is 13.1. The highest BCUT2D eigenvalue weighted by atomic mass is 16.5. The van der Waals surface area contributed by atoms with Gasteiger partial charge in [-0.05, 0) is 185 Å². The fourth-order valence-corrected chi connectivity index (χ4v) is 13.1. The molecule has 0 N–H and O–H groups in total. The van der Waals surface area contributed by atoms with Crippen molar-refractivity contribution < 1.29 is 23.9 Å². The first kappa shape index (κ1) is 48.8. The zero-order valence-corrected chi connectivity index (χ0v) is 41.5. The summed E-state index contributed by atoms with van der Waals surface area (Å²) in [6, 6.07) is 31.4. The number of Topliss-reactive ketones (excluding diaryl/α,β-unsaturated/α-hetero) is 4. The number of hydrogen-bond acceptors (Lipinski definition) is 5. The van der Waals surface area contributed by atoms with Crippen LogP contribution in [0.25, 0.3) is 11.1 Å². The van der Waals surface area contributed by atoms with E-state index >= 15 is 0 Å². The number of rotatable bonds is 22. The average Bonchev–Trinajstić information content (AvgIpc) is 3.56. The first-order valence-electron chi connectivity index (χ1n) is 26.4. The third kappa shape index (κ3) is 11.8. The Labute approximate surface area is 402 Å². The summed E-state index contributed by atoms with van der Waals surface area (Å²) in [5.74, 6) is 4.95. The first-order valence-corrected chi connectivity index (χ1v) is 26.4. The Morgan fingerprint density at radius 3 is 2.19 bits per heavy atom. The van der Waals surface area contributed by atoms with Gasteiger partial charge in [-0.15, -0.1) is 0 Å². The van der Waals surface area contributed by atoms with Crippen LogP contribution in [0.3, 0.4) is 0 Å². The number of fused-ring (bicyclic) bond motifs is 2. The fraction of sp³-hybridized carbons (Fsp3) is 0.548. The number of hydrogen-bond donors (Lipinski definition) is 0. The minimum absolute atomic E-state index is 0.0237. The predicted octanol–water partition coefficient (Wildman–Crippen LogP) is 15.0. The molecular weight excluding hydrogens is 825 g/mol. The van der Waals surface area contributed by atoms with Crippen LogP contribution >= 0.6 is 0 Å². The molecule has 0 amide bonds. The van der Waals surface area contributed by atoms with E-state index in [1.165, 1.54) is 99.8 Å². The number of ether oxygens (including phenoxy) is 1. The van der Waals surface area contributed by atoms with Gasteiger partial charge in [-0.3, -0.25) is 14.4 Å². The molecule has 5 heteroatoms. The zero-order chi connectivity index (χ0) is 47.1. The second-order valence-electron chi connectivity index (χ2n) is 22.0. The monoisotopic (exact) mass is 903 g/mol. The van der Waals surface area contributed by atoms with Gasteiger partial charge >= 0.3 is 0 Å². The molecule has 0 spiro atoms. The lowest BCUT2D eigenvalue weighted by molar-refractivity contribution is -0.147. The van der Waals surface area contributed by atoms with E-state index in [-0.39, 0.29) is 36.0 Å². The average molecular weight is 903 g/mol. The van der Waals surface area contributed by atoms with Crippen LogP contribution < -0.4 is 4.74 Å². The van der Waals surface area contributed by atoms with Crippen LogP contribution in [-0.2, 0) is 38.6 Å². The van der Waals surface area contributed by atoms with Crippen molar-refractivity contribution in [2.75, 3.05) is 0 Å². The number of benzene rings is 4. The highest BCUT2D eigenvalue weighted by Gasteiger charge is 2.48. The first-order chi connectivity index (χ1) is 32.4. The normalized spacial score (nSPS) is 23.5. The summed E-state index contributed by atoms with van der Waals surface area (Å²) in [5.41, 5.74) is 10.6. The minimum atomic E-state index is -0.905. The van der Waals surface area contributed by atoms with E-state index in [9.17, 15) is 19.2 Å². The van der Waals surface area contributed by atoms with Crippen LogP contribution in [0.2, 0.25) is 0 Å². The van der Waals surface area contributed by atoms with Crippen molar-refractivity contribution in [3.63, 3.8) is 0 Å². The van der Waals surface area contributed by atoms with Crippen molar-refractivity contribution in [3.8, 4) is 16.9 Å². The highest BCUT2D eigenvalue weighted by Crippen LogP contribution is 2.57. The minimum Gasteiger partial charge on any atom is -0.488 e. The summed E-state index contributed by atoms with van der Waals surface area (Å²) >= 11 is 0. The Morgan fingerprint density at radius 2 is 1.49 bits per heavy atom. The maximum absolute atomic E-state index is 13.8. The molecule has 5 atom stereocenters. The molecule has 0 saturated heterocycles. The van der Waals surface area contributed by atoms with Gasteiger partial charge in [-0.1, -0.05) is 124 Å². The molecule has 8 rings (SSSR count). The van der Waals surface area contributed by atoms with Gasteiger partial charge in [0.05, 0.1) is 5.41 Å². The lowest BCUT2D eigenvalue weighted by Gasteiger charge is -2.38. The molecule has 0 heterocycles. The molecule has 5 nitrogen and oxygen atoms in total. The van der Waals surface area contributed by atoms with Gasteiger partial charge in [0, 0.05) is 30.7 Å². The van der Waals surface area contributed by atoms with Crippen LogP contribution in [0.15, 0.2) is 84.9 Å². The third-order valence-electron chi connectivity index (χ3n) is 17.4. The van der Waals surface area contributed by atoms with E-state index in [1.54, 1.807) is 18.1 Å². The third-order valence-corrected chi connectivity index (χ3v) is 17.4. The van der Waals surface area contributed by atoms with Gasteiger partial charge in [0.1, 0.15) is 35.5 Å². The SMILES string of the molecule is CC(=O)CCCC[C@H](CC(=O)C1(C(C)=O)CCC1)C(=O)Cc1ccc(COc2ccc(C)cc2-c2ccc(C)c(C3CC4CCC(C3)C4c3cccc(CCCC4CCCC[C@H]4C)c3)c2)cc1. The Kier molecular flexibility index (Phi) is 16.2. The molecule has 356 valence electrons. The molecule has 67 heavy (non-hydrogen) atoms. The zero-order valence-electron chi connectivity index (χ0n) is 41.5. The number of aryl methyl sites for hydroxylation is 3. The van der Waals surface area contributed by atoms with E-state index in [2.05, 4.69) is 81.4 Å². The molecule has 4 aromatic rings. The lowest BCUT2D eigenvalue weighted by atomic mass is 9.62. The van der Waals surface area contributed by atoms with Crippen LogP contribution in [-0.4, -0.2) is 23.1 Å². The van der Waals surface area contributed by atoms with Gasteiger partial charge in [-0.25, -0.2) is 0 Å². The van der Waals surface area contributed by atoms with Crippen LogP contribution in [0.1, 0.15) is 187 Å². The van der Waals surface area contributed by atoms with Crippen LogP contribution in [0.5, 0.6) is 5.75 Å². The van der Waals surface area contributed by atoms with Crippen molar-refractivity contribution in [3.05, 3.63) is 124 Å². The Morgan fingerprint density at radius 1 is 0.746 bits per heavy atom. The second-order valence-corrected chi connectivity index (χ2v) is 22.0. The molecule has 4 aromatic carbocycles. The number of ketones is 4. The largest absolute Gasteiger partial charge is 0.488 e. The summed E-state index contributed by atoms with van der Waals surface area (Å²) < 4.78 is 6.61. The van der Waals surface area contributed by atoms with E-state index in [4.69, 9.17) is 4.74 Å². The number of unbranched alkanes of at least 4 members (excludes halogenated alkanes) is 1. The summed E-state index contributed by atoms with van der Waals surface area (Å²) in [4.78, 5) is 51.3. The van der Waals surface area contributed by atoms with Crippen molar-refractivity contribution in [1.29, 1.82) is 0 Å². The van der Waals surface area contributed by atoms with Gasteiger partial charge in [-0.2, -0.15) is 0 Å². The van der Waals surface area contributed by atoms with E-state index in [0.717, 1.165) is 52.5 Å². The smallest absolute Gasteiger partial charge is 0.147 e. The standard InChI is InChI=1S/C62H78O5/c1-41-21-30-59(67-40-48-25-23-47(24-26-48)35-58(65)51(18-9-7-14-44(4)63)39-60(66)62(45(5)64)31-12-32-62)57(33-41)50-27-22-43(3)56(38-50)55-36-53-28-29-54(37-55)61(53)52-20-11-16-46(34-52)15-10-19-49-17-8-6-13-42(49)2/h11,16,20-27,30,33-34,38,42,49,51,53-55,61H,6-10,12-15,17-19,28-29,31-32,35-37,39-40H2,1-5H3/t42-,49?,51-,53?,54?,55?,61?/m1/s1. The van der Waals surface area contributed by atoms with Gasteiger partial charge in [0.2, 0.25) is 0 Å². The van der Waals surface area contributed by atoms with Crippen molar-refractivity contribution in [2.24, 2.45) is 35.0 Å². The van der Waals surface area contributed by atoms with Gasteiger partial charge in [0.25, 0.3) is 0 Å². The summed E-state index contributed by atoms with van der Waals surface area (Å²) in [7, 11) is 0. The summed E-state index contributed by atoms with van der Waals surface area (Å²) in [5, 5.41) is 0. The molecule has 4 aliphatic carbocycles. The van der Waals surface area contributed by atoms with E-state index < -0.39 is 11.3 Å². The molecule has 4 fully saturated rings. The van der Waals surface area contributed by atoms with Crippen molar-refractivity contribution in [1.82, 2.24) is 0 Å². The Hall–Kier alpha value is -4.64. The Balaban J connectivity index is 0.893. The van der Waals surface area contributed by atoms with E-state index in [0.29, 0.717) is 57.0 Å². The Bertz CT molecular complexity index is 2350. The molecule has 3 unspecified atom stereocenters. The molecule has 0 aliphatic heterocycles. The second kappa shape index (κ2) is 22.2. The highest BCUT2D eigenvalue weighted by molar-refractivity contribution is 6.08. The molecule has 0 radical (unpaired) electrons. The molecule has 2 bridgehead atoms. The maximum Gasteiger partial charge on any atom is 0.147 e. The molecular formula is C62H78O5. The summed E-state index contributed by atoms with van der Waals surface area (Å²) in [6.07, 6.45) is 19.7. The van der Waals surface area contributed by atoms with Crippen molar-refractivity contribution >= 4 is 23.1 Å². The number of carbonyl (C=O) groups is 4. The van der Waals surface area contributed by atoms with E-state index in [1.807, 2.05) is 24.3 Å². The topological polar surface area (TPSA) is 77.5 Å². The van der Waals surface area contributed by atoms with Gasteiger partial charge in [0.15, 0.2) is 0 Å². The van der Waals surface area contributed by atoms with Gasteiger partial charge < -0.3 is 9.53 Å². The number of carbonyl (C=O) groups excluding carboxylic acids is 4. The maximum atomic E-state index is 13.8. The molecule has 4 aliphatic rings. The van der Waals surface area contributed by atoms with Crippen molar-refractivity contribution in [2.45, 2.75) is 181 Å².